The molecule has 0 saturated heterocycles. The predicted molar refractivity (Wildman–Crippen MR) is 97.8 cm³/mol. The Kier molecular flexibility index (Phi) is 5.54. The number of hydrogen-bond acceptors (Lipinski definition) is 3. The Balaban J connectivity index is 1.79. The maximum Gasteiger partial charge on any atom is 0.0285 e. The molecule has 2 atom stereocenters. The quantitative estimate of drug-likeness (QED) is 0.683. The van der Waals surface area contributed by atoms with Gasteiger partial charge in [-0.3, -0.25) is 0 Å². The monoisotopic (exact) mass is 383 g/mol. The van der Waals surface area contributed by atoms with Gasteiger partial charge in [0.25, 0.3) is 0 Å². The molecule has 114 valence electrons. The van der Waals surface area contributed by atoms with Crippen molar-refractivity contribution in [3.05, 3.63) is 42.7 Å². The van der Waals surface area contributed by atoms with E-state index in [1.165, 1.54) is 35.0 Å². The van der Waals surface area contributed by atoms with Gasteiger partial charge in [-0.15, -0.1) is 22.7 Å². The molecular formula is C17H22BrNS2. The second kappa shape index (κ2) is 7.40. The van der Waals surface area contributed by atoms with Gasteiger partial charge in [-0.1, -0.05) is 6.92 Å². The standard InChI is InChI=1S/C17H22BrNS2/c1-2-7-19-16(10-13-9-12(18)11-21-13)14-4-3-5-17-15(14)6-8-20-17/h6,8-9,11,14,16,19H,2-5,7,10H2,1H3. The second-order valence-electron chi connectivity index (χ2n) is 5.79. The topological polar surface area (TPSA) is 12.0 Å². The number of hydrogen-bond donors (Lipinski definition) is 1. The Morgan fingerprint density at radius 1 is 1.43 bits per heavy atom. The van der Waals surface area contributed by atoms with Crippen LogP contribution in [-0.4, -0.2) is 12.6 Å². The lowest BCUT2D eigenvalue weighted by Crippen LogP contribution is -2.38. The molecule has 1 aliphatic rings. The molecule has 1 nitrogen and oxygen atoms in total. The lowest BCUT2D eigenvalue weighted by atomic mass is 9.81. The second-order valence-corrected chi connectivity index (χ2v) is 8.71. The molecule has 4 heteroatoms. The van der Waals surface area contributed by atoms with Gasteiger partial charge in [-0.05, 0) is 77.7 Å². The minimum Gasteiger partial charge on any atom is -0.313 e. The third kappa shape index (κ3) is 3.79. The van der Waals surface area contributed by atoms with Crippen LogP contribution in [0.5, 0.6) is 0 Å². The van der Waals surface area contributed by atoms with Gasteiger partial charge in [0.1, 0.15) is 0 Å². The molecule has 0 aliphatic heterocycles. The molecule has 0 saturated carbocycles. The van der Waals surface area contributed by atoms with Crippen molar-refractivity contribution in [2.45, 2.75) is 51.0 Å². The van der Waals surface area contributed by atoms with Crippen LogP contribution < -0.4 is 5.32 Å². The average Bonchev–Trinajstić information content (AvgIpc) is 3.11. The lowest BCUT2D eigenvalue weighted by molar-refractivity contribution is 0.393. The summed E-state index contributed by atoms with van der Waals surface area (Å²) in [5.74, 6) is 0.687. The van der Waals surface area contributed by atoms with Crippen LogP contribution in [0.1, 0.15) is 47.4 Å². The first kappa shape index (κ1) is 15.7. The molecule has 3 rings (SSSR count). The fourth-order valence-corrected chi connectivity index (χ4v) is 5.81. The van der Waals surface area contributed by atoms with E-state index in [9.17, 15) is 0 Å². The van der Waals surface area contributed by atoms with Crippen LogP contribution in [0, 0.1) is 0 Å². The van der Waals surface area contributed by atoms with Crippen molar-refractivity contribution in [2.75, 3.05) is 6.54 Å². The summed E-state index contributed by atoms with van der Waals surface area (Å²) in [6.45, 7) is 3.37. The van der Waals surface area contributed by atoms with Crippen LogP contribution in [-0.2, 0) is 12.8 Å². The van der Waals surface area contributed by atoms with Gasteiger partial charge in [0.2, 0.25) is 0 Å². The minimum absolute atomic E-state index is 0.573. The van der Waals surface area contributed by atoms with Crippen LogP contribution in [0.3, 0.4) is 0 Å². The largest absolute Gasteiger partial charge is 0.313 e. The summed E-state index contributed by atoms with van der Waals surface area (Å²) >= 11 is 7.40. The van der Waals surface area contributed by atoms with Gasteiger partial charge in [-0.25, -0.2) is 0 Å². The Bertz CT molecular complexity index is 575. The van der Waals surface area contributed by atoms with Crippen molar-refractivity contribution in [1.29, 1.82) is 0 Å². The highest BCUT2D eigenvalue weighted by Gasteiger charge is 2.28. The normalized spacial score (nSPS) is 19.4. The zero-order chi connectivity index (χ0) is 14.7. The first-order chi connectivity index (χ1) is 10.3. The van der Waals surface area contributed by atoms with Crippen molar-refractivity contribution < 1.29 is 0 Å². The first-order valence-corrected chi connectivity index (χ1v) is 10.4. The van der Waals surface area contributed by atoms with Crippen LogP contribution in [0.15, 0.2) is 27.4 Å². The molecule has 2 unspecified atom stereocenters. The van der Waals surface area contributed by atoms with E-state index in [1.54, 1.807) is 10.4 Å². The number of fused-ring (bicyclic) bond motifs is 1. The lowest BCUT2D eigenvalue weighted by Gasteiger charge is -2.31. The summed E-state index contributed by atoms with van der Waals surface area (Å²) in [7, 11) is 0. The summed E-state index contributed by atoms with van der Waals surface area (Å²) < 4.78 is 1.22. The summed E-state index contributed by atoms with van der Waals surface area (Å²) in [5, 5.41) is 8.30. The highest BCUT2D eigenvalue weighted by atomic mass is 79.9. The molecular weight excluding hydrogens is 362 g/mol. The Morgan fingerprint density at radius 3 is 3.10 bits per heavy atom. The predicted octanol–water partition coefficient (Wildman–Crippen LogP) is 5.60. The Labute approximate surface area is 143 Å². The first-order valence-electron chi connectivity index (χ1n) is 7.80. The zero-order valence-electron chi connectivity index (χ0n) is 12.4. The molecule has 2 aromatic heterocycles. The summed E-state index contributed by atoms with van der Waals surface area (Å²) in [5.41, 5.74) is 1.62. The van der Waals surface area contributed by atoms with E-state index in [2.05, 4.69) is 51.1 Å². The van der Waals surface area contributed by atoms with Gasteiger partial charge in [0, 0.05) is 31.6 Å². The smallest absolute Gasteiger partial charge is 0.0285 e. The van der Waals surface area contributed by atoms with Gasteiger partial charge in [-0.2, -0.15) is 0 Å². The van der Waals surface area contributed by atoms with Crippen LogP contribution in [0.25, 0.3) is 0 Å². The van der Waals surface area contributed by atoms with Gasteiger partial charge < -0.3 is 5.32 Å². The fourth-order valence-electron chi connectivity index (χ4n) is 3.30. The van der Waals surface area contributed by atoms with Crippen molar-refractivity contribution in [3.8, 4) is 0 Å². The van der Waals surface area contributed by atoms with E-state index in [-0.39, 0.29) is 0 Å². The van der Waals surface area contributed by atoms with Gasteiger partial charge >= 0.3 is 0 Å². The van der Waals surface area contributed by atoms with E-state index in [0.717, 1.165) is 13.0 Å². The molecule has 1 aliphatic carbocycles. The fraction of sp³-hybridized carbons (Fsp3) is 0.529. The molecule has 0 spiro atoms. The third-order valence-corrected chi connectivity index (χ3v) is 7.00. The maximum absolute atomic E-state index is 3.82. The number of rotatable bonds is 6. The summed E-state index contributed by atoms with van der Waals surface area (Å²) in [4.78, 5) is 3.11. The molecule has 0 amide bonds. The molecule has 0 radical (unpaired) electrons. The van der Waals surface area contributed by atoms with Crippen LogP contribution in [0.4, 0.5) is 0 Å². The van der Waals surface area contributed by atoms with E-state index in [4.69, 9.17) is 0 Å². The molecule has 2 aromatic rings. The third-order valence-electron chi connectivity index (χ3n) is 4.28. The summed E-state index contributed by atoms with van der Waals surface area (Å²) in [6.07, 6.45) is 6.31. The molecule has 21 heavy (non-hydrogen) atoms. The number of aryl methyl sites for hydroxylation is 1. The van der Waals surface area contributed by atoms with Crippen LogP contribution in [0.2, 0.25) is 0 Å². The molecule has 0 bridgehead atoms. The number of nitrogens with one attached hydrogen (secondary N) is 1. The molecule has 1 N–H and O–H groups in total. The van der Waals surface area contributed by atoms with Gasteiger partial charge in [0.05, 0.1) is 0 Å². The van der Waals surface area contributed by atoms with Gasteiger partial charge in [0.15, 0.2) is 0 Å². The molecule has 0 fully saturated rings. The van der Waals surface area contributed by atoms with E-state index in [1.807, 2.05) is 22.7 Å². The number of thiophene rings is 2. The van der Waals surface area contributed by atoms with E-state index >= 15 is 0 Å². The van der Waals surface area contributed by atoms with E-state index in [0.29, 0.717) is 12.0 Å². The Morgan fingerprint density at radius 2 is 2.33 bits per heavy atom. The van der Waals surface area contributed by atoms with Crippen molar-refractivity contribution in [1.82, 2.24) is 5.32 Å². The van der Waals surface area contributed by atoms with Crippen LogP contribution >= 0.6 is 38.6 Å². The van der Waals surface area contributed by atoms with Crippen molar-refractivity contribution >= 4 is 38.6 Å². The minimum atomic E-state index is 0.573. The van der Waals surface area contributed by atoms with Crippen molar-refractivity contribution in [3.63, 3.8) is 0 Å². The zero-order valence-corrected chi connectivity index (χ0v) is 15.6. The highest BCUT2D eigenvalue weighted by molar-refractivity contribution is 9.10. The maximum atomic E-state index is 3.82. The SMILES string of the molecule is CCCNC(Cc1cc(Br)cs1)C1CCCc2sccc21. The van der Waals surface area contributed by atoms with Crippen molar-refractivity contribution in [2.24, 2.45) is 0 Å². The van der Waals surface area contributed by atoms with E-state index < -0.39 is 0 Å². The summed E-state index contributed by atoms with van der Waals surface area (Å²) in [6, 6.07) is 5.22. The number of halogens is 1. The average molecular weight is 384 g/mol. The highest BCUT2D eigenvalue weighted by Crippen LogP contribution is 2.38. The molecule has 2 heterocycles. The Hall–Kier alpha value is -0.160. The molecule has 0 aromatic carbocycles.